The molecule has 84 valence electrons. The summed E-state index contributed by atoms with van der Waals surface area (Å²) in [5, 5.41) is 8.90. The minimum absolute atomic E-state index is 0.227. The molecule has 0 spiro atoms. The van der Waals surface area contributed by atoms with Crippen molar-refractivity contribution < 1.29 is 9.53 Å². The molecule has 1 rings (SSSR count). The van der Waals surface area contributed by atoms with Crippen molar-refractivity contribution in [2.24, 2.45) is 0 Å². The van der Waals surface area contributed by atoms with Gasteiger partial charge < -0.3 is 4.74 Å². The molecule has 0 aliphatic rings. The van der Waals surface area contributed by atoms with Crippen LogP contribution in [0.4, 0.5) is 0 Å². The van der Waals surface area contributed by atoms with E-state index in [1.807, 2.05) is 6.07 Å². The Morgan fingerprint density at radius 2 is 2.31 bits per heavy atom. The summed E-state index contributed by atoms with van der Waals surface area (Å²) in [5.74, 6) is -0.225. The second-order valence-corrected chi connectivity index (χ2v) is 4.08. The van der Waals surface area contributed by atoms with Crippen LogP contribution in [0.3, 0.4) is 0 Å². The number of esters is 1. The molecule has 0 aliphatic carbocycles. The molecular weight excluding hydrogens is 293 g/mol. The van der Waals surface area contributed by atoms with Gasteiger partial charge in [0.25, 0.3) is 0 Å². The Balaban J connectivity index is 3.22. The highest BCUT2D eigenvalue weighted by Gasteiger charge is 2.14. The van der Waals surface area contributed by atoms with Crippen LogP contribution in [0.1, 0.15) is 28.4 Å². The van der Waals surface area contributed by atoms with Crippen molar-refractivity contribution in [1.82, 2.24) is 0 Å². The molecule has 1 aromatic rings. The zero-order valence-electron chi connectivity index (χ0n) is 8.59. The lowest BCUT2D eigenvalue weighted by molar-refractivity contribution is 0.0525. The van der Waals surface area contributed by atoms with Crippen LogP contribution in [-0.4, -0.2) is 12.6 Å². The van der Waals surface area contributed by atoms with E-state index in [1.165, 1.54) is 6.07 Å². The summed E-state index contributed by atoms with van der Waals surface area (Å²) < 4.78 is 5.45. The SMILES string of the molecule is CCOC(=O)c1cc(C#N)c(CCl)cc1Br. The Kier molecular flexibility index (Phi) is 4.78. The molecular formula is C11H9BrClNO2. The molecule has 3 nitrogen and oxygen atoms in total. The lowest BCUT2D eigenvalue weighted by Gasteiger charge is -2.07. The zero-order chi connectivity index (χ0) is 12.1. The monoisotopic (exact) mass is 301 g/mol. The van der Waals surface area contributed by atoms with Crippen LogP contribution in [0.2, 0.25) is 0 Å². The van der Waals surface area contributed by atoms with Gasteiger partial charge in [-0.3, -0.25) is 0 Å². The highest BCUT2D eigenvalue weighted by Crippen LogP contribution is 2.24. The van der Waals surface area contributed by atoms with Crippen molar-refractivity contribution in [3.8, 4) is 6.07 Å². The summed E-state index contributed by atoms with van der Waals surface area (Å²) in [4.78, 5) is 11.5. The summed E-state index contributed by atoms with van der Waals surface area (Å²) in [7, 11) is 0. The predicted octanol–water partition coefficient (Wildman–Crippen LogP) is 3.24. The largest absolute Gasteiger partial charge is 0.462 e. The van der Waals surface area contributed by atoms with Crippen LogP contribution in [0.5, 0.6) is 0 Å². The Morgan fingerprint density at radius 1 is 1.62 bits per heavy atom. The Labute approximate surface area is 107 Å². The highest BCUT2D eigenvalue weighted by atomic mass is 79.9. The second-order valence-electron chi connectivity index (χ2n) is 2.96. The minimum Gasteiger partial charge on any atom is -0.462 e. The van der Waals surface area contributed by atoms with Gasteiger partial charge in [0.2, 0.25) is 0 Å². The summed E-state index contributed by atoms with van der Waals surface area (Å²) in [6, 6.07) is 5.15. The molecule has 0 saturated heterocycles. The molecule has 0 radical (unpaired) electrons. The normalized spacial score (nSPS) is 9.62. The number of hydrogen-bond donors (Lipinski definition) is 0. The van der Waals surface area contributed by atoms with E-state index in [0.717, 1.165) is 0 Å². The fourth-order valence-electron chi connectivity index (χ4n) is 1.19. The van der Waals surface area contributed by atoms with Gasteiger partial charge in [-0.05, 0) is 40.5 Å². The Morgan fingerprint density at radius 3 is 2.81 bits per heavy atom. The smallest absolute Gasteiger partial charge is 0.339 e. The first-order chi connectivity index (χ1) is 7.63. The average Bonchev–Trinajstić information content (AvgIpc) is 2.28. The number of hydrogen-bond acceptors (Lipinski definition) is 3. The first-order valence-electron chi connectivity index (χ1n) is 4.59. The van der Waals surface area contributed by atoms with Gasteiger partial charge in [0, 0.05) is 10.4 Å². The fraction of sp³-hybridized carbons (Fsp3) is 0.273. The third kappa shape index (κ3) is 2.75. The van der Waals surface area contributed by atoms with Crippen molar-refractivity contribution in [2.45, 2.75) is 12.8 Å². The molecule has 0 amide bonds. The van der Waals surface area contributed by atoms with Crippen molar-refractivity contribution in [3.05, 3.63) is 33.3 Å². The molecule has 0 N–H and O–H groups in total. The van der Waals surface area contributed by atoms with Gasteiger partial charge >= 0.3 is 5.97 Å². The Hall–Kier alpha value is -1.05. The molecule has 0 bridgehead atoms. The Bertz CT molecular complexity index is 454. The van der Waals surface area contributed by atoms with Gasteiger partial charge in [0.05, 0.1) is 23.8 Å². The average molecular weight is 303 g/mol. The van der Waals surface area contributed by atoms with Gasteiger partial charge in [0.1, 0.15) is 0 Å². The number of carbonyl (C=O) groups excluding carboxylic acids is 1. The maximum Gasteiger partial charge on any atom is 0.339 e. The number of carbonyl (C=O) groups is 1. The molecule has 0 aromatic heterocycles. The number of ether oxygens (including phenoxy) is 1. The van der Waals surface area contributed by atoms with Gasteiger partial charge in [-0.25, -0.2) is 4.79 Å². The molecule has 16 heavy (non-hydrogen) atoms. The molecule has 0 atom stereocenters. The number of nitriles is 1. The van der Waals surface area contributed by atoms with Crippen molar-refractivity contribution in [3.63, 3.8) is 0 Å². The topological polar surface area (TPSA) is 50.1 Å². The van der Waals surface area contributed by atoms with Crippen molar-refractivity contribution in [2.75, 3.05) is 6.61 Å². The van der Waals surface area contributed by atoms with E-state index in [-0.39, 0.29) is 5.88 Å². The predicted molar refractivity (Wildman–Crippen MR) is 64.4 cm³/mol. The number of nitrogens with zero attached hydrogens (tertiary/aromatic N) is 1. The molecule has 0 saturated carbocycles. The van der Waals surface area contributed by atoms with E-state index in [0.29, 0.717) is 27.8 Å². The van der Waals surface area contributed by atoms with Gasteiger partial charge in [0.15, 0.2) is 0 Å². The van der Waals surface area contributed by atoms with Crippen molar-refractivity contribution in [1.29, 1.82) is 5.26 Å². The first kappa shape index (κ1) is 13.0. The maximum absolute atomic E-state index is 11.5. The summed E-state index contributed by atoms with van der Waals surface area (Å²) in [5.41, 5.74) is 1.41. The third-order valence-corrected chi connectivity index (χ3v) is 2.90. The number of benzene rings is 1. The molecule has 0 fully saturated rings. The van der Waals surface area contributed by atoms with E-state index >= 15 is 0 Å². The van der Waals surface area contributed by atoms with Gasteiger partial charge in [-0.2, -0.15) is 5.26 Å². The molecule has 1 aromatic carbocycles. The van der Waals surface area contributed by atoms with Crippen LogP contribution in [0.15, 0.2) is 16.6 Å². The maximum atomic E-state index is 11.5. The van der Waals surface area contributed by atoms with Gasteiger partial charge in [-0.15, -0.1) is 11.6 Å². The number of alkyl halides is 1. The van der Waals surface area contributed by atoms with Crippen LogP contribution in [-0.2, 0) is 10.6 Å². The lowest BCUT2D eigenvalue weighted by Crippen LogP contribution is -2.06. The van der Waals surface area contributed by atoms with Crippen LogP contribution in [0.25, 0.3) is 0 Å². The van der Waals surface area contributed by atoms with E-state index in [2.05, 4.69) is 15.9 Å². The fourth-order valence-corrected chi connectivity index (χ4v) is 1.97. The van der Waals surface area contributed by atoms with Crippen LogP contribution < -0.4 is 0 Å². The standard InChI is InChI=1S/C11H9BrClNO2/c1-2-16-11(15)9-3-8(6-14)7(5-13)4-10(9)12/h3-4H,2,5H2,1H3. The van der Waals surface area contributed by atoms with E-state index in [1.54, 1.807) is 13.0 Å². The van der Waals surface area contributed by atoms with E-state index in [9.17, 15) is 4.79 Å². The van der Waals surface area contributed by atoms with E-state index < -0.39 is 5.97 Å². The van der Waals surface area contributed by atoms with Crippen molar-refractivity contribution >= 4 is 33.5 Å². The molecule has 0 aliphatic heterocycles. The zero-order valence-corrected chi connectivity index (χ0v) is 10.9. The summed E-state index contributed by atoms with van der Waals surface area (Å²) in [6.07, 6.45) is 0. The van der Waals surface area contributed by atoms with Crippen LogP contribution >= 0.6 is 27.5 Å². The number of halogens is 2. The summed E-state index contributed by atoms with van der Waals surface area (Å²) in [6.45, 7) is 2.02. The van der Waals surface area contributed by atoms with E-state index in [4.69, 9.17) is 21.6 Å². The third-order valence-electron chi connectivity index (χ3n) is 1.95. The summed E-state index contributed by atoms with van der Waals surface area (Å²) >= 11 is 8.94. The van der Waals surface area contributed by atoms with Gasteiger partial charge in [-0.1, -0.05) is 0 Å². The molecule has 0 unspecified atom stereocenters. The molecule has 5 heteroatoms. The van der Waals surface area contributed by atoms with Crippen LogP contribution in [0, 0.1) is 11.3 Å². The second kappa shape index (κ2) is 5.88. The number of rotatable bonds is 3. The lowest BCUT2D eigenvalue weighted by atomic mass is 10.1. The quantitative estimate of drug-likeness (QED) is 0.636. The molecule has 0 heterocycles. The first-order valence-corrected chi connectivity index (χ1v) is 5.92. The highest BCUT2D eigenvalue weighted by molar-refractivity contribution is 9.10. The minimum atomic E-state index is -0.452.